The zero-order chi connectivity index (χ0) is 20.0. The molecule has 0 spiro atoms. The van der Waals surface area contributed by atoms with Crippen LogP contribution in [0.25, 0.3) is 11.3 Å². The van der Waals surface area contributed by atoms with Gasteiger partial charge in [0.25, 0.3) is 0 Å². The number of anilines is 1. The summed E-state index contributed by atoms with van der Waals surface area (Å²) in [5.41, 5.74) is -1.33. The second-order valence-corrected chi connectivity index (χ2v) is 7.84. The van der Waals surface area contributed by atoms with Gasteiger partial charge in [0.2, 0.25) is 0 Å². The molecule has 2 aromatic rings. The molecule has 142 valence electrons. The second-order valence-electron chi connectivity index (χ2n) is 5.13. The number of nitrogens with one attached hydrogen (secondary N) is 1. The van der Waals surface area contributed by atoms with E-state index >= 15 is 0 Å². The van der Waals surface area contributed by atoms with Gasteiger partial charge in [-0.1, -0.05) is 23.2 Å². The van der Waals surface area contributed by atoms with Gasteiger partial charge in [-0.05, 0) is 12.1 Å². The van der Waals surface area contributed by atoms with Crippen molar-refractivity contribution in [2.45, 2.75) is 11.2 Å². The van der Waals surface area contributed by atoms with Gasteiger partial charge in [-0.25, -0.2) is 12.8 Å². The minimum atomic E-state index is -5.19. The van der Waals surface area contributed by atoms with Gasteiger partial charge in [0, 0.05) is 18.9 Å². The lowest BCUT2D eigenvalue weighted by Crippen LogP contribution is -2.30. The lowest BCUT2D eigenvalue weighted by Gasteiger charge is -2.11. The van der Waals surface area contributed by atoms with Crippen molar-refractivity contribution in [1.29, 1.82) is 0 Å². The Kier molecular flexibility index (Phi) is 5.28. The van der Waals surface area contributed by atoms with E-state index in [4.69, 9.17) is 23.2 Å². The third-order valence-electron chi connectivity index (χ3n) is 3.11. The average molecular weight is 434 g/mol. The molecule has 1 aromatic carbocycles. The Morgan fingerprint density at radius 2 is 1.85 bits per heavy atom. The number of sulfone groups is 1. The Labute approximate surface area is 154 Å². The van der Waals surface area contributed by atoms with E-state index in [1.807, 2.05) is 0 Å². The first-order valence-corrected chi connectivity index (χ1v) is 9.18. The highest BCUT2D eigenvalue weighted by molar-refractivity contribution is 7.90. The molecule has 0 radical (unpaired) electrons. The van der Waals surface area contributed by atoms with E-state index in [2.05, 4.69) is 5.10 Å². The third kappa shape index (κ3) is 3.94. The fraction of sp³-hybridized carbons (Fsp3) is 0.231. The van der Waals surface area contributed by atoms with Gasteiger partial charge in [0.15, 0.2) is 14.9 Å². The molecular formula is C13H9Cl2F4N3O3S. The van der Waals surface area contributed by atoms with Crippen LogP contribution in [-0.4, -0.2) is 36.5 Å². The van der Waals surface area contributed by atoms with Crippen LogP contribution in [0.15, 0.2) is 17.2 Å². The number of carbonyl (C=O) groups excluding carboxylic acids is 1. The summed E-state index contributed by atoms with van der Waals surface area (Å²) >= 11 is 11.6. The van der Waals surface area contributed by atoms with Crippen molar-refractivity contribution in [3.05, 3.63) is 28.0 Å². The zero-order valence-corrected chi connectivity index (χ0v) is 15.3. The summed E-state index contributed by atoms with van der Waals surface area (Å²) in [6, 6.07) is 1.43. The van der Waals surface area contributed by atoms with Crippen LogP contribution in [0.3, 0.4) is 0 Å². The Morgan fingerprint density at radius 3 is 2.31 bits per heavy atom. The van der Waals surface area contributed by atoms with Crippen molar-refractivity contribution < 1.29 is 30.8 Å². The predicted octanol–water partition coefficient (Wildman–Crippen LogP) is 3.44. The van der Waals surface area contributed by atoms with Crippen LogP contribution < -0.4 is 5.32 Å². The number of halogens is 6. The Hall–Kier alpha value is -1.85. The summed E-state index contributed by atoms with van der Waals surface area (Å²) in [4.78, 5) is 11.1. The molecule has 0 unspecified atom stereocenters. The van der Waals surface area contributed by atoms with Gasteiger partial charge in [-0.2, -0.15) is 18.3 Å². The second kappa shape index (κ2) is 6.71. The molecule has 1 heterocycles. The van der Waals surface area contributed by atoms with E-state index in [0.29, 0.717) is 6.07 Å². The standard InChI is InChI=1S/C13H9Cl2F4N3O3S/c1-22-11(26(2,24)25)9(15)10(21-22)5-3-8(6(14)4-7(5)16)20-12(23)13(17,18)19/h3-4H,1-2H3,(H,20,23). The number of hydrogen-bond acceptors (Lipinski definition) is 4. The molecule has 1 N–H and O–H groups in total. The van der Waals surface area contributed by atoms with Crippen molar-refractivity contribution in [3.63, 3.8) is 0 Å². The summed E-state index contributed by atoms with van der Waals surface area (Å²) < 4.78 is 75.8. The van der Waals surface area contributed by atoms with Crippen molar-refractivity contribution >= 4 is 44.6 Å². The molecule has 6 nitrogen and oxygen atoms in total. The van der Waals surface area contributed by atoms with Crippen LogP contribution in [0, 0.1) is 5.82 Å². The Balaban J connectivity index is 2.62. The lowest BCUT2D eigenvalue weighted by molar-refractivity contribution is -0.167. The van der Waals surface area contributed by atoms with Crippen LogP contribution >= 0.6 is 23.2 Å². The number of carbonyl (C=O) groups is 1. The van der Waals surface area contributed by atoms with Crippen molar-refractivity contribution in [3.8, 4) is 11.3 Å². The highest BCUT2D eigenvalue weighted by Gasteiger charge is 2.39. The van der Waals surface area contributed by atoms with Gasteiger partial charge < -0.3 is 5.32 Å². The molecule has 0 aliphatic carbocycles. The molecule has 1 aromatic heterocycles. The summed E-state index contributed by atoms with van der Waals surface area (Å²) in [5, 5.41) is 3.95. The first kappa shape index (κ1) is 20.5. The highest BCUT2D eigenvalue weighted by atomic mass is 35.5. The number of aryl methyl sites for hydroxylation is 1. The minimum Gasteiger partial charge on any atom is -0.317 e. The molecular weight excluding hydrogens is 425 g/mol. The third-order valence-corrected chi connectivity index (χ3v) is 5.06. The first-order chi connectivity index (χ1) is 11.7. The molecule has 13 heteroatoms. The molecule has 0 aliphatic rings. The van der Waals surface area contributed by atoms with Crippen LogP contribution in [0.4, 0.5) is 23.2 Å². The molecule has 0 fully saturated rings. The number of hydrogen-bond donors (Lipinski definition) is 1. The highest BCUT2D eigenvalue weighted by Crippen LogP contribution is 2.37. The Bertz CT molecular complexity index is 1000. The SMILES string of the molecule is Cn1nc(-c2cc(NC(=O)C(F)(F)F)c(Cl)cc2F)c(Cl)c1S(C)(=O)=O. The maximum Gasteiger partial charge on any atom is 0.471 e. The number of alkyl halides is 3. The zero-order valence-electron chi connectivity index (χ0n) is 12.9. The summed E-state index contributed by atoms with van der Waals surface area (Å²) in [7, 11) is -2.58. The monoisotopic (exact) mass is 433 g/mol. The van der Waals surface area contributed by atoms with Crippen molar-refractivity contribution in [2.75, 3.05) is 11.6 Å². The van der Waals surface area contributed by atoms with E-state index in [9.17, 15) is 30.8 Å². The molecule has 26 heavy (non-hydrogen) atoms. The summed E-state index contributed by atoms with van der Waals surface area (Å²) in [6.45, 7) is 0. The fourth-order valence-corrected chi connectivity index (χ4v) is 3.90. The van der Waals surface area contributed by atoms with E-state index in [1.54, 1.807) is 0 Å². The maximum absolute atomic E-state index is 14.2. The average Bonchev–Trinajstić information content (AvgIpc) is 2.75. The number of aromatic nitrogens is 2. The van der Waals surface area contributed by atoms with Crippen molar-refractivity contribution in [1.82, 2.24) is 9.78 Å². The normalized spacial score (nSPS) is 12.3. The molecule has 0 saturated heterocycles. The number of nitrogens with zero attached hydrogens (tertiary/aromatic N) is 2. The van der Waals surface area contributed by atoms with Gasteiger partial charge >= 0.3 is 12.1 Å². The van der Waals surface area contributed by atoms with Crippen molar-refractivity contribution in [2.24, 2.45) is 7.05 Å². The molecule has 2 rings (SSSR count). The fourth-order valence-electron chi connectivity index (χ4n) is 2.08. The minimum absolute atomic E-state index is 0.341. The Morgan fingerprint density at radius 1 is 1.27 bits per heavy atom. The van der Waals surface area contributed by atoms with E-state index in [-0.39, 0.29) is 5.69 Å². The van der Waals surface area contributed by atoms with E-state index < -0.39 is 54.1 Å². The topological polar surface area (TPSA) is 81.1 Å². The summed E-state index contributed by atoms with van der Waals surface area (Å²) in [5.74, 6) is -3.35. The van der Waals surface area contributed by atoms with Crippen LogP contribution in [0.1, 0.15) is 0 Å². The molecule has 0 saturated carbocycles. The lowest BCUT2D eigenvalue weighted by atomic mass is 10.1. The van der Waals surface area contributed by atoms with E-state index in [0.717, 1.165) is 17.0 Å². The number of rotatable bonds is 3. The molecule has 0 bridgehead atoms. The smallest absolute Gasteiger partial charge is 0.317 e. The van der Waals surface area contributed by atoms with Gasteiger partial charge in [-0.15, -0.1) is 0 Å². The molecule has 1 amide bonds. The largest absolute Gasteiger partial charge is 0.471 e. The summed E-state index contributed by atoms with van der Waals surface area (Å²) in [6.07, 6.45) is -4.34. The quantitative estimate of drug-likeness (QED) is 0.751. The molecule has 0 atom stereocenters. The number of benzene rings is 1. The van der Waals surface area contributed by atoms with Crippen LogP contribution in [0.5, 0.6) is 0 Å². The predicted molar refractivity (Wildman–Crippen MR) is 86.4 cm³/mol. The van der Waals surface area contributed by atoms with Gasteiger partial charge in [0.1, 0.15) is 16.5 Å². The molecule has 0 aliphatic heterocycles. The van der Waals surface area contributed by atoms with Crippen LogP contribution in [0.2, 0.25) is 10.0 Å². The van der Waals surface area contributed by atoms with Gasteiger partial charge in [-0.3, -0.25) is 9.48 Å². The first-order valence-electron chi connectivity index (χ1n) is 6.53. The number of amides is 1. The van der Waals surface area contributed by atoms with E-state index in [1.165, 1.54) is 12.4 Å². The van der Waals surface area contributed by atoms with Gasteiger partial charge in [0.05, 0.1) is 10.7 Å². The van der Waals surface area contributed by atoms with Crippen LogP contribution in [-0.2, 0) is 21.7 Å². The maximum atomic E-state index is 14.2.